The molecule has 0 fully saturated rings. The van der Waals surface area contributed by atoms with Gasteiger partial charge in [-0.1, -0.05) is 22.0 Å². The van der Waals surface area contributed by atoms with E-state index in [1.54, 1.807) is 12.1 Å². The first kappa shape index (κ1) is 15.2. The molecule has 2 aromatic rings. The highest BCUT2D eigenvalue weighted by Crippen LogP contribution is 2.31. The van der Waals surface area contributed by atoms with E-state index in [0.29, 0.717) is 10.2 Å². The first-order valence-electron chi connectivity index (χ1n) is 5.90. The van der Waals surface area contributed by atoms with Gasteiger partial charge in [0.2, 0.25) is 0 Å². The summed E-state index contributed by atoms with van der Waals surface area (Å²) in [7, 11) is 1.36. The molecule has 0 aromatic heterocycles. The molecule has 0 unspecified atom stereocenters. The van der Waals surface area contributed by atoms with E-state index in [1.807, 2.05) is 0 Å². The number of nitro groups is 1. The Labute approximate surface area is 128 Å². The number of nitrogens with zero attached hydrogens (tertiary/aromatic N) is 1. The van der Waals surface area contributed by atoms with Gasteiger partial charge in [-0.05, 0) is 24.3 Å². The predicted molar refractivity (Wildman–Crippen MR) is 78.1 cm³/mol. The normalized spacial score (nSPS) is 10.2. The highest BCUT2D eigenvalue weighted by molar-refractivity contribution is 9.10. The van der Waals surface area contributed by atoms with Crippen LogP contribution in [0, 0.1) is 15.9 Å². The van der Waals surface area contributed by atoms with Gasteiger partial charge in [0.15, 0.2) is 5.75 Å². The van der Waals surface area contributed by atoms with Crippen molar-refractivity contribution in [1.82, 2.24) is 0 Å². The van der Waals surface area contributed by atoms with Crippen LogP contribution in [0.15, 0.2) is 40.9 Å². The number of methoxy groups -OCH3 is 1. The zero-order valence-electron chi connectivity index (χ0n) is 11.0. The minimum Gasteiger partial charge on any atom is -0.490 e. The molecule has 2 aromatic carbocycles. The molecule has 0 radical (unpaired) electrons. The van der Waals surface area contributed by atoms with Crippen molar-refractivity contribution >= 4 is 21.6 Å². The van der Waals surface area contributed by atoms with Gasteiger partial charge in [-0.3, -0.25) is 10.1 Å². The Morgan fingerprint density at radius 3 is 2.67 bits per heavy atom. The average molecular weight is 356 g/mol. The summed E-state index contributed by atoms with van der Waals surface area (Å²) >= 11 is 3.23. The Balaban J connectivity index is 2.16. The lowest BCUT2D eigenvalue weighted by Gasteiger charge is -2.09. The fourth-order valence-corrected chi connectivity index (χ4v) is 2.17. The van der Waals surface area contributed by atoms with Crippen LogP contribution < -0.4 is 9.47 Å². The van der Waals surface area contributed by atoms with E-state index in [0.717, 1.165) is 5.56 Å². The molecule has 0 spiro atoms. The van der Waals surface area contributed by atoms with Crippen molar-refractivity contribution in [2.75, 3.05) is 7.11 Å². The standard InChI is InChI=1S/C14H11BrFNO4/c1-20-14-5-4-11(7-13(14)17(18)19)21-8-9-2-3-10(16)6-12(9)15/h2-7H,8H2,1H3. The summed E-state index contributed by atoms with van der Waals surface area (Å²) in [6.07, 6.45) is 0. The third-order valence-corrected chi connectivity index (χ3v) is 3.49. The molecule has 110 valence electrons. The van der Waals surface area contributed by atoms with Gasteiger partial charge in [0, 0.05) is 10.0 Å². The van der Waals surface area contributed by atoms with E-state index in [4.69, 9.17) is 9.47 Å². The topological polar surface area (TPSA) is 61.6 Å². The minimum absolute atomic E-state index is 0.157. The zero-order chi connectivity index (χ0) is 15.4. The van der Waals surface area contributed by atoms with Crippen molar-refractivity contribution < 1.29 is 18.8 Å². The van der Waals surface area contributed by atoms with Crippen molar-refractivity contribution in [2.24, 2.45) is 0 Å². The number of benzene rings is 2. The third kappa shape index (κ3) is 3.69. The molecule has 0 amide bonds. The van der Waals surface area contributed by atoms with Crippen molar-refractivity contribution in [2.45, 2.75) is 6.61 Å². The maximum atomic E-state index is 13.0. The summed E-state index contributed by atoms with van der Waals surface area (Å²) in [6.45, 7) is 0.157. The Morgan fingerprint density at radius 2 is 2.05 bits per heavy atom. The van der Waals surface area contributed by atoms with E-state index in [2.05, 4.69) is 15.9 Å². The predicted octanol–water partition coefficient (Wildman–Crippen LogP) is 4.08. The molecule has 0 atom stereocenters. The molecular weight excluding hydrogens is 345 g/mol. The Bertz CT molecular complexity index is 678. The van der Waals surface area contributed by atoms with Crippen LogP contribution in [-0.2, 0) is 6.61 Å². The molecule has 0 bridgehead atoms. The van der Waals surface area contributed by atoms with Gasteiger partial charge in [-0.2, -0.15) is 0 Å². The lowest BCUT2D eigenvalue weighted by atomic mass is 10.2. The van der Waals surface area contributed by atoms with E-state index >= 15 is 0 Å². The molecule has 0 saturated carbocycles. The molecule has 0 aliphatic carbocycles. The van der Waals surface area contributed by atoms with Gasteiger partial charge in [0.05, 0.1) is 18.1 Å². The van der Waals surface area contributed by atoms with Gasteiger partial charge in [0.25, 0.3) is 0 Å². The Morgan fingerprint density at radius 1 is 1.29 bits per heavy atom. The number of ether oxygens (including phenoxy) is 2. The molecular formula is C14H11BrFNO4. The molecule has 0 saturated heterocycles. The van der Waals surface area contributed by atoms with Crippen LogP contribution in [-0.4, -0.2) is 12.0 Å². The fourth-order valence-electron chi connectivity index (χ4n) is 1.70. The molecule has 0 aliphatic heterocycles. The maximum Gasteiger partial charge on any atom is 0.314 e. The van der Waals surface area contributed by atoms with E-state index < -0.39 is 4.92 Å². The highest BCUT2D eigenvalue weighted by atomic mass is 79.9. The Kier molecular flexibility index (Phi) is 4.74. The summed E-state index contributed by atoms with van der Waals surface area (Å²) in [5, 5.41) is 10.9. The molecule has 21 heavy (non-hydrogen) atoms. The van der Waals surface area contributed by atoms with Crippen LogP contribution in [0.3, 0.4) is 0 Å². The first-order chi connectivity index (χ1) is 10.0. The number of nitro benzene ring substituents is 1. The highest BCUT2D eigenvalue weighted by Gasteiger charge is 2.16. The molecule has 7 heteroatoms. The largest absolute Gasteiger partial charge is 0.490 e. The van der Waals surface area contributed by atoms with E-state index in [-0.39, 0.29) is 23.9 Å². The smallest absolute Gasteiger partial charge is 0.314 e. The van der Waals surface area contributed by atoms with Crippen molar-refractivity contribution in [3.63, 3.8) is 0 Å². The molecule has 0 N–H and O–H groups in total. The fraction of sp³-hybridized carbons (Fsp3) is 0.143. The molecule has 5 nitrogen and oxygen atoms in total. The lowest BCUT2D eigenvalue weighted by molar-refractivity contribution is -0.385. The average Bonchev–Trinajstić information content (AvgIpc) is 2.46. The first-order valence-corrected chi connectivity index (χ1v) is 6.69. The summed E-state index contributed by atoms with van der Waals surface area (Å²) in [5.41, 5.74) is 0.558. The number of hydrogen-bond acceptors (Lipinski definition) is 4. The van der Waals surface area contributed by atoms with Gasteiger partial charge >= 0.3 is 5.69 Å². The summed E-state index contributed by atoms with van der Waals surface area (Å²) < 4.78 is 24.0. The quantitative estimate of drug-likeness (QED) is 0.598. The maximum absolute atomic E-state index is 13.0. The van der Waals surface area contributed by atoms with E-state index in [9.17, 15) is 14.5 Å². The van der Waals surface area contributed by atoms with Crippen LogP contribution in [0.4, 0.5) is 10.1 Å². The monoisotopic (exact) mass is 355 g/mol. The number of halogens is 2. The molecule has 2 rings (SSSR count). The van der Waals surface area contributed by atoms with Crippen LogP contribution in [0.5, 0.6) is 11.5 Å². The summed E-state index contributed by atoms with van der Waals surface area (Å²) in [5.74, 6) is 0.139. The van der Waals surface area contributed by atoms with Gasteiger partial charge in [-0.15, -0.1) is 0 Å². The second kappa shape index (κ2) is 6.53. The van der Waals surface area contributed by atoms with Crippen LogP contribution in [0.1, 0.15) is 5.56 Å². The second-order valence-electron chi connectivity index (χ2n) is 4.12. The zero-order valence-corrected chi connectivity index (χ0v) is 12.6. The summed E-state index contributed by atoms with van der Waals surface area (Å²) in [4.78, 5) is 10.4. The second-order valence-corrected chi connectivity index (χ2v) is 4.97. The molecule has 0 heterocycles. The van der Waals surface area contributed by atoms with Crippen molar-refractivity contribution in [3.8, 4) is 11.5 Å². The summed E-state index contributed by atoms with van der Waals surface area (Å²) in [6, 6.07) is 8.55. The van der Waals surface area contributed by atoms with Gasteiger partial charge in [-0.25, -0.2) is 4.39 Å². The van der Waals surface area contributed by atoms with E-state index in [1.165, 1.54) is 31.4 Å². The van der Waals surface area contributed by atoms with Crippen molar-refractivity contribution in [3.05, 3.63) is 62.4 Å². The number of hydrogen-bond donors (Lipinski definition) is 0. The van der Waals surface area contributed by atoms with Gasteiger partial charge < -0.3 is 9.47 Å². The Hall–Kier alpha value is -2.15. The minimum atomic E-state index is -0.542. The molecule has 0 aliphatic rings. The third-order valence-electron chi connectivity index (χ3n) is 2.76. The van der Waals surface area contributed by atoms with Crippen LogP contribution >= 0.6 is 15.9 Å². The van der Waals surface area contributed by atoms with Gasteiger partial charge in [0.1, 0.15) is 18.2 Å². The number of rotatable bonds is 5. The van der Waals surface area contributed by atoms with Crippen molar-refractivity contribution in [1.29, 1.82) is 0 Å². The van der Waals surface area contributed by atoms with Crippen LogP contribution in [0.2, 0.25) is 0 Å². The SMILES string of the molecule is COc1ccc(OCc2ccc(F)cc2Br)cc1[N+](=O)[O-]. The van der Waals surface area contributed by atoms with Crippen LogP contribution in [0.25, 0.3) is 0 Å². The lowest BCUT2D eigenvalue weighted by Crippen LogP contribution is -1.99.